The zero-order valence-corrected chi connectivity index (χ0v) is 9.96. The van der Waals surface area contributed by atoms with E-state index in [4.69, 9.17) is 5.73 Å². The summed E-state index contributed by atoms with van der Waals surface area (Å²) in [5.41, 5.74) is 8.35. The fraction of sp³-hybridized carbons (Fsp3) is 0.0769. The van der Waals surface area contributed by atoms with E-state index in [2.05, 4.69) is 15.4 Å². The summed E-state index contributed by atoms with van der Waals surface area (Å²) in [6.45, 7) is 0. The van der Waals surface area contributed by atoms with Crippen LogP contribution in [0.3, 0.4) is 0 Å². The van der Waals surface area contributed by atoms with Gasteiger partial charge in [0.1, 0.15) is 0 Å². The largest absolute Gasteiger partial charge is 0.396 e. The molecule has 3 rings (SSSR count). The van der Waals surface area contributed by atoms with E-state index in [0.717, 1.165) is 22.4 Å². The van der Waals surface area contributed by atoms with Gasteiger partial charge in [0.15, 0.2) is 5.82 Å². The number of aromatic nitrogens is 3. The van der Waals surface area contributed by atoms with Gasteiger partial charge in [-0.1, -0.05) is 18.2 Å². The highest BCUT2D eigenvalue weighted by Gasteiger charge is 2.07. The molecule has 0 unspecified atom stereocenters. The highest BCUT2D eigenvalue weighted by molar-refractivity contribution is 5.98. The lowest BCUT2D eigenvalue weighted by molar-refractivity contribution is 0.771. The molecule has 3 aromatic rings. The third-order valence-electron chi connectivity index (χ3n) is 2.77. The normalized spacial score (nSPS) is 10.7. The molecule has 2 heterocycles. The molecule has 0 radical (unpaired) electrons. The van der Waals surface area contributed by atoms with E-state index in [1.54, 1.807) is 10.9 Å². The topological polar surface area (TPSA) is 68.8 Å². The van der Waals surface area contributed by atoms with Crippen LogP contribution in [0.15, 0.2) is 42.7 Å². The number of hydrogen-bond donors (Lipinski definition) is 2. The van der Waals surface area contributed by atoms with Gasteiger partial charge in [0.2, 0.25) is 0 Å². The molecular weight excluding hydrogens is 226 g/mol. The summed E-state index contributed by atoms with van der Waals surface area (Å²) >= 11 is 0. The first kappa shape index (κ1) is 10.6. The van der Waals surface area contributed by atoms with Crippen LogP contribution in [0.2, 0.25) is 0 Å². The number of pyridine rings is 1. The van der Waals surface area contributed by atoms with E-state index in [0.29, 0.717) is 5.69 Å². The lowest BCUT2D eigenvalue weighted by Gasteiger charge is -2.10. The summed E-state index contributed by atoms with van der Waals surface area (Å²) in [7, 11) is 1.87. The maximum atomic E-state index is 5.98. The molecule has 0 fully saturated rings. The summed E-state index contributed by atoms with van der Waals surface area (Å²) in [5.74, 6) is 0.764. The number of anilines is 3. The van der Waals surface area contributed by atoms with Gasteiger partial charge in [-0.3, -0.25) is 9.67 Å². The molecule has 0 saturated heterocycles. The predicted molar refractivity (Wildman–Crippen MR) is 72.6 cm³/mol. The van der Waals surface area contributed by atoms with Crippen molar-refractivity contribution in [1.82, 2.24) is 14.8 Å². The first-order valence-electron chi connectivity index (χ1n) is 5.64. The first-order valence-corrected chi connectivity index (χ1v) is 5.64. The number of fused-ring (bicyclic) bond motifs is 1. The summed E-state index contributed by atoms with van der Waals surface area (Å²) in [6, 6.07) is 9.76. The van der Waals surface area contributed by atoms with E-state index < -0.39 is 0 Å². The maximum absolute atomic E-state index is 5.98. The Morgan fingerprint density at radius 1 is 1.22 bits per heavy atom. The van der Waals surface area contributed by atoms with E-state index in [1.165, 1.54) is 0 Å². The minimum atomic E-state index is 0.611. The van der Waals surface area contributed by atoms with Gasteiger partial charge in [0, 0.05) is 24.7 Å². The average molecular weight is 239 g/mol. The number of rotatable bonds is 2. The number of hydrogen-bond acceptors (Lipinski definition) is 4. The highest BCUT2D eigenvalue weighted by atomic mass is 15.3. The van der Waals surface area contributed by atoms with E-state index in [-0.39, 0.29) is 0 Å². The molecule has 5 heteroatoms. The number of para-hydroxylation sites is 1. The average Bonchev–Trinajstić information content (AvgIpc) is 2.79. The third kappa shape index (κ3) is 1.75. The SMILES string of the molecule is Cn1ccc(Nc2c(N)cnc3ccccc23)n1. The Bertz CT molecular complexity index is 701. The van der Waals surface area contributed by atoms with Crippen LogP contribution in [0.25, 0.3) is 10.9 Å². The number of nitrogen functional groups attached to an aromatic ring is 1. The minimum Gasteiger partial charge on any atom is -0.396 e. The number of nitrogens with zero attached hydrogens (tertiary/aromatic N) is 3. The molecule has 0 spiro atoms. The van der Waals surface area contributed by atoms with Crippen LogP contribution in [-0.4, -0.2) is 14.8 Å². The van der Waals surface area contributed by atoms with Gasteiger partial charge < -0.3 is 11.1 Å². The standard InChI is InChI=1S/C13H13N5/c1-18-7-6-12(17-18)16-13-9-4-2-3-5-11(9)15-8-10(13)14/h2-8H,14H2,1H3,(H,15,16,17). The molecule has 3 N–H and O–H groups in total. The lowest BCUT2D eigenvalue weighted by Crippen LogP contribution is -1.99. The summed E-state index contributed by atoms with van der Waals surface area (Å²) in [4.78, 5) is 4.30. The number of aryl methyl sites for hydroxylation is 1. The third-order valence-corrected chi connectivity index (χ3v) is 2.77. The molecule has 5 nitrogen and oxygen atoms in total. The summed E-state index contributed by atoms with van der Waals surface area (Å²) in [5, 5.41) is 8.51. The van der Waals surface area contributed by atoms with Crippen molar-refractivity contribution in [2.24, 2.45) is 7.05 Å². The molecule has 0 amide bonds. The smallest absolute Gasteiger partial charge is 0.152 e. The van der Waals surface area contributed by atoms with Crippen LogP contribution in [0.4, 0.5) is 17.2 Å². The van der Waals surface area contributed by atoms with Crippen molar-refractivity contribution in [3.63, 3.8) is 0 Å². The Morgan fingerprint density at radius 3 is 2.83 bits per heavy atom. The quantitative estimate of drug-likeness (QED) is 0.720. The fourth-order valence-electron chi connectivity index (χ4n) is 1.91. The Labute approximate surface area is 104 Å². The van der Waals surface area contributed by atoms with Crippen molar-refractivity contribution < 1.29 is 0 Å². The van der Waals surface area contributed by atoms with E-state index in [1.807, 2.05) is 43.6 Å². The van der Waals surface area contributed by atoms with Gasteiger partial charge in [-0.2, -0.15) is 5.10 Å². The van der Waals surface area contributed by atoms with E-state index >= 15 is 0 Å². The van der Waals surface area contributed by atoms with Crippen LogP contribution in [0.1, 0.15) is 0 Å². The molecule has 0 aliphatic heterocycles. The monoisotopic (exact) mass is 239 g/mol. The Kier molecular flexibility index (Phi) is 2.37. The molecule has 0 bridgehead atoms. The molecule has 0 aliphatic carbocycles. The van der Waals surface area contributed by atoms with Gasteiger partial charge in [0.25, 0.3) is 0 Å². The second-order valence-corrected chi connectivity index (χ2v) is 4.11. The maximum Gasteiger partial charge on any atom is 0.152 e. The van der Waals surface area contributed by atoms with Crippen molar-refractivity contribution in [3.8, 4) is 0 Å². The van der Waals surface area contributed by atoms with Gasteiger partial charge >= 0.3 is 0 Å². The summed E-state index contributed by atoms with van der Waals surface area (Å²) < 4.78 is 1.74. The minimum absolute atomic E-state index is 0.611. The molecular formula is C13H13N5. The second-order valence-electron chi connectivity index (χ2n) is 4.11. The highest BCUT2D eigenvalue weighted by Crippen LogP contribution is 2.29. The fourth-order valence-corrected chi connectivity index (χ4v) is 1.91. The van der Waals surface area contributed by atoms with Crippen LogP contribution >= 0.6 is 0 Å². The molecule has 18 heavy (non-hydrogen) atoms. The van der Waals surface area contributed by atoms with Gasteiger partial charge in [0.05, 0.1) is 23.1 Å². The zero-order valence-electron chi connectivity index (χ0n) is 9.96. The lowest BCUT2D eigenvalue weighted by atomic mass is 10.1. The number of nitrogens with one attached hydrogen (secondary N) is 1. The van der Waals surface area contributed by atoms with E-state index in [9.17, 15) is 0 Å². The van der Waals surface area contributed by atoms with Crippen molar-refractivity contribution in [2.45, 2.75) is 0 Å². The van der Waals surface area contributed by atoms with Crippen LogP contribution in [0, 0.1) is 0 Å². The van der Waals surface area contributed by atoms with Crippen LogP contribution in [-0.2, 0) is 7.05 Å². The number of benzene rings is 1. The Morgan fingerprint density at radius 2 is 2.06 bits per heavy atom. The van der Waals surface area contributed by atoms with Crippen molar-refractivity contribution in [2.75, 3.05) is 11.1 Å². The van der Waals surface area contributed by atoms with Gasteiger partial charge in [-0.05, 0) is 6.07 Å². The first-order chi connectivity index (χ1) is 8.74. The van der Waals surface area contributed by atoms with Crippen molar-refractivity contribution in [1.29, 1.82) is 0 Å². The van der Waals surface area contributed by atoms with Crippen LogP contribution in [0.5, 0.6) is 0 Å². The summed E-state index contributed by atoms with van der Waals surface area (Å²) in [6.07, 6.45) is 3.54. The molecule has 0 saturated carbocycles. The van der Waals surface area contributed by atoms with Crippen molar-refractivity contribution in [3.05, 3.63) is 42.7 Å². The van der Waals surface area contributed by atoms with Crippen LogP contribution < -0.4 is 11.1 Å². The Balaban J connectivity index is 2.12. The molecule has 0 aliphatic rings. The van der Waals surface area contributed by atoms with Gasteiger partial charge in [-0.25, -0.2) is 0 Å². The molecule has 0 atom stereocenters. The molecule has 90 valence electrons. The Hall–Kier alpha value is -2.56. The van der Waals surface area contributed by atoms with Gasteiger partial charge in [-0.15, -0.1) is 0 Å². The van der Waals surface area contributed by atoms with Crippen molar-refractivity contribution >= 4 is 28.1 Å². The molecule has 1 aromatic carbocycles. The zero-order chi connectivity index (χ0) is 12.5. The predicted octanol–water partition coefficient (Wildman–Crippen LogP) is 2.29. The second kappa shape index (κ2) is 4.03. The number of nitrogens with two attached hydrogens (primary N) is 1. The molecule has 2 aromatic heterocycles.